The van der Waals surface area contributed by atoms with Gasteiger partial charge in [-0.1, -0.05) is 17.7 Å². The lowest BCUT2D eigenvalue weighted by Crippen LogP contribution is -2.39. The number of aromatic nitrogens is 4. The number of hydrazone groups is 1. The number of rotatable bonds is 3. The van der Waals surface area contributed by atoms with Gasteiger partial charge in [0.25, 0.3) is 0 Å². The molecule has 2 fully saturated rings. The third-order valence-corrected chi connectivity index (χ3v) is 4.79. The van der Waals surface area contributed by atoms with E-state index in [0.29, 0.717) is 23.5 Å². The number of hydrogen-bond acceptors (Lipinski definition) is 7. The highest BCUT2D eigenvalue weighted by Crippen LogP contribution is 2.33. The number of nitrogens with one attached hydrogen (secondary N) is 1. The smallest absolute Gasteiger partial charge is 0.221 e. The topological polar surface area (TPSA) is 105 Å². The molecule has 3 atom stereocenters. The third kappa shape index (κ3) is 3.14. The van der Waals surface area contributed by atoms with E-state index in [4.69, 9.17) is 39.6 Å². The summed E-state index contributed by atoms with van der Waals surface area (Å²) < 4.78 is 15.3. The fourth-order valence-corrected chi connectivity index (χ4v) is 3.38. The maximum atomic E-state index is 5.87. The average molecular weight is 391 g/mol. The first-order chi connectivity index (χ1) is 12.5. The molecular weight excluding hydrogens is 374 g/mol. The van der Waals surface area contributed by atoms with Crippen LogP contribution in [0.3, 0.4) is 0 Å². The van der Waals surface area contributed by atoms with Crippen molar-refractivity contribution in [2.75, 3.05) is 6.61 Å². The summed E-state index contributed by atoms with van der Waals surface area (Å²) in [5.41, 5.74) is 10.7. The highest BCUT2D eigenvalue weighted by molar-refractivity contribution is 7.80. The predicted molar refractivity (Wildman–Crippen MR) is 101 cm³/mol. The van der Waals surface area contributed by atoms with Gasteiger partial charge in [0.05, 0.1) is 24.0 Å². The Balaban J connectivity index is 1.65. The second-order valence-corrected chi connectivity index (χ2v) is 6.95. The molecule has 26 heavy (non-hydrogen) atoms. The molecule has 1 aromatic heterocycles. The van der Waals surface area contributed by atoms with Gasteiger partial charge >= 0.3 is 0 Å². The zero-order valence-electron chi connectivity index (χ0n) is 13.9. The highest BCUT2D eigenvalue weighted by Gasteiger charge is 2.44. The van der Waals surface area contributed by atoms with Crippen molar-refractivity contribution >= 4 is 35.3 Å². The molecule has 0 spiro atoms. The second-order valence-electron chi connectivity index (χ2n) is 6.14. The first kappa shape index (κ1) is 17.2. The van der Waals surface area contributed by atoms with E-state index in [0.717, 1.165) is 11.3 Å². The molecule has 3 unspecified atom stereocenters. The first-order valence-corrected chi connectivity index (χ1v) is 8.85. The molecule has 1 aromatic carbocycles. The van der Waals surface area contributed by atoms with Crippen molar-refractivity contribution in [3.8, 4) is 5.69 Å². The van der Waals surface area contributed by atoms with Gasteiger partial charge in [0.15, 0.2) is 11.4 Å². The zero-order chi connectivity index (χ0) is 18.3. The van der Waals surface area contributed by atoms with Crippen molar-refractivity contribution in [1.29, 1.82) is 0 Å². The summed E-state index contributed by atoms with van der Waals surface area (Å²) in [5.74, 6) is 0. The van der Waals surface area contributed by atoms with Crippen molar-refractivity contribution in [2.24, 2.45) is 10.8 Å². The van der Waals surface area contributed by atoms with Crippen LogP contribution in [0.5, 0.6) is 0 Å². The van der Waals surface area contributed by atoms with E-state index in [2.05, 4.69) is 21.0 Å². The van der Waals surface area contributed by atoms with E-state index in [-0.39, 0.29) is 17.3 Å². The molecule has 0 aliphatic carbocycles. The summed E-state index contributed by atoms with van der Waals surface area (Å²) in [6.07, 6.45) is -0.121. The maximum Gasteiger partial charge on any atom is 0.221 e. The number of nitrogens with zero attached hydrogens (tertiary/aromatic N) is 5. The first-order valence-electron chi connectivity index (χ1n) is 8.03. The van der Waals surface area contributed by atoms with Crippen LogP contribution in [-0.4, -0.2) is 49.6 Å². The molecule has 2 aromatic rings. The molecule has 3 heterocycles. The van der Waals surface area contributed by atoms with E-state index in [1.807, 2.05) is 31.2 Å². The van der Waals surface area contributed by atoms with Crippen LogP contribution in [0.4, 0.5) is 0 Å². The average Bonchev–Trinajstić information content (AvgIpc) is 3.20. The summed E-state index contributed by atoms with van der Waals surface area (Å²) in [6.45, 7) is 2.46. The van der Waals surface area contributed by atoms with Crippen molar-refractivity contribution in [3.05, 3.63) is 34.6 Å². The maximum absolute atomic E-state index is 5.87. The van der Waals surface area contributed by atoms with Gasteiger partial charge in [0.1, 0.15) is 6.10 Å². The third-order valence-electron chi connectivity index (χ3n) is 4.34. The molecule has 4 rings (SSSR count). The van der Waals surface area contributed by atoms with Crippen LogP contribution in [-0.2, 0) is 9.47 Å². The fraction of sp³-hybridized carbons (Fsp3) is 0.400. The van der Waals surface area contributed by atoms with Crippen molar-refractivity contribution in [1.82, 2.24) is 25.2 Å². The van der Waals surface area contributed by atoms with Crippen LogP contribution in [0, 0.1) is 11.7 Å². The summed E-state index contributed by atoms with van der Waals surface area (Å²) in [6, 6.07) is 7.74. The predicted octanol–water partition coefficient (Wildman–Crippen LogP) is 0.982. The minimum atomic E-state index is -0.501. The Labute approximate surface area is 159 Å². The molecule has 2 bridgehead atoms. The molecule has 136 valence electrons. The summed E-state index contributed by atoms with van der Waals surface area (Å²) in [5, 5.41) is 12.7. The SMILES string of the molecule is Cc1ccc(-n2nnn(C3C/C(=N/NC(N)=S)C4OCC3O4)c2=S)cc1. The molecule has 9 nitrogen and oxygen atoms in total. The molecule has 0 saturated carbocycles. The Morgan fingerprint density at radius 2 is 2.12 bits per heavy atom. The Morgan fingerprint density at radius 3 is 2.85 bits per heavy atom. The minimum Gasteiger partial charge on any atom is -0.375 e. The van der Waals surface area contributed by atoms with Gasteiger partial charge in [-0.05, 0) is 53.9 Å². The van der Waals surface area contributed by atoms with Crippen LogP contribution in [0.15, 0.2) is 29.4 Å². The summed E-state index contributed by atoms with van der Waals surface area (Å²) >= 11 is 10.4. The number of tetrazole rings is 1. The van der Waals surface area contributed by atoms with Gasteiger partial charge in [-0.3, -0.25) is 5.43 Å². The second kappa shape index (κ2) is 6.83. The van der Waals surface area contributed by atoms with E-state index >= 15 is 0 Å². The van der Waals surface area contributed by atoms with Crippen LogP contribution >= 0.6 is 24.4 Å². The lowest BCUT2D eigenvalue weighted by molar-refractivity contribution is -0.0324. The number of benzene rings is 1. The molecule has 3 N–H and O–H groups in total. The Bertz CT molecular complexity index is 921. The van der Waals surface area contributed by atoms with Gasteiger partial charge in [-0.15, -0.1) is 0 Å². The quantitative estimate of drug-likeness (QED) is 0.589. The number of ether oxygens (including phenoxy) is 2. The van der Waals surface area contributed by atoms with Gasteiger partial charge in [0, 0.05) is 6.42 Å². The molecule has 0 radical (unpaired) electrons. The van der Waals surface area contributed by atoms with E-state index in [9.17, 15) is 0 Å². The van der Waals surface area contributed by atoms with Crippen LogP contribution in [0.25, 0.3) is 5.69 Å². The monoisotopic (exact) mass is 391 g/mol. The van der Waals surface area contributed by atoms with Crippen LogP contribution in [0.2, 0.25) is 0 Å². The molecule has 0 amide bonds. The Hall–Kier alpha value is -2.21. The number of thiocarbonyl (C=S) groups is 1. The number of aryl methyl sites for hydroxylation is 1. The Kier molecular flexibility index (Phi) is 4.53. The standard InChI is InChI=1S/C15H17N7O2S2/c1-8-2-4-9(5-3-8)21-15(26)22(20-19-21)11-6-10(17-18-14(16)25)13-23-7-12(11)24-13/h2-5,11-13H,6-7H2,1H3,(H3,16,18,25)/b17-10-. The van der Waals surface area contributed by atoms with Crippen molar-refractivity contribution in [2.45, 2.75) is 31.8 Å². The van der Waals surface area contributed by atoms with Crippen molar-refractivity contribution < 1.29 is 9.47 Å². The van der Waals surface area contributed by atoms with Crippen molar-refractivity contribution in [3.63, 3.8) is 0 Å². The zero-order valence-corrected chi connectivity index (χ0v) is 15.5. The van der Waals surface area contributed by atoms with Gasteiger partial charge in [-0.25, -0.2) is 4.68 Å². The van der Waals surface area contributed by atoms with Gasteiger partial charge < -0.3 is 15.2 Å². The van der Waals surface area contributed by atoms with E-state index in [1.54, 1.807) is 9.36 Å². The van der Waals surface area contributed by atoms with Crippen LogP contribution < -0.4 is 11.2 Å². The lowest BCUT2D eigenvalue weighted by atomic mass is 10.0. The van der Waals surface area contributed by atoms with E-state index in [1.165, 1.54) is 0 Å². The summed E-state index contributed by atoms with van der Waals surface area (Å²) in [4.78, 5) is 0. The molecule has 2 saturated heterocycles. The van der Waals surface area contributed by atoms with Crippen LogP contribution in [0.1, 0.15) is 18.0 Å². The van der Waals surface area contributed by atoms with Gasteiger partial charge in [-0.2, -0.15) is 9.78 Å². The number of hydrogen-bond donors (Lipinski definition) is 2. The molecule has 11 heteroatoms. The highest BCUT2D eigenvalue weighted by atomic mass is 32.1. The molecule has 2 aliphatic heterocycles. The number of nitrogens with two attached hydrogens (primary N) is 1. The Morgan fingerprint density at radius 1 is 1.35 bits per heavy atom. The van der Waals surface area contributed by atoms with Gasteiger partial charge in [0.2, 0.25) is 4.77 Å². The normalized spacial score (nSPS) is 26.2. The minimum absolute atomic E-state index is 0.0797. The lowest BCUT2D eigenvalue weighted by Gasteiger charge is -2.27. The fourth-order valence-electron chi connectivity index (χ4n) is 3.02. The molecule has 2 aliphatic rings. The molecular formula is C15H17N7O2S2. The number of fused-ring (bicyclic) bond motifs is 2. The largest absolute Gasteiger partial charge is 0.375 e. The summed E-state index contributed by atoms with van der Waals surface area (Å²) in [7, 11) is 0. The van der Waals surface area contributed by atoms with E-state index < -0.39 is 6.29 Å².